The molecule has 0 fully saturated rings. The molecule has 0 aliphatic carbocycles. The number of carbonyl (C=O) groups is 2. The SMILES string of the molecule is CCCN(Cc1cc(NC(=O)c2ccccc2Cl)ccc1N(C)C)C(=O)c1ccc(F)cc1. The quantitative estimate of drug-likeness (QED) is 0.452. The summed E-state index contributed by atoms with van der Waals surface area (Å²) in [6.07, 6.45) is 0.771. The predicted octanol–water partition coefficient (Wildman–Crippen LogP) is 5.85. The minimum atomic E-state index is -0.384. The van der Waals surface area contributed by atoms with E-state index in [2.05, 4.69) is 5.32 Å². The van der Waals surface area contributed by atoms with Crippen LogP contribution in [0.25, 0.3) is 0 Å². The Morgan fingerprint density at radius 2 is 1.70 bits per heavy atom. The number of hydrogen-bond donors (Lipinski definition) is 1. The van der Waals surface area contributed by atoms with Crippen molar-refractivity contribution in [3.63, 3.8) is 0 Å². The third kappa shape index (κ3) is 6.11. The second kappa shape index (κ2) is 11.0. The molecule has 7 heteroatoms. The van der Waals surface area contributed by atoms with Crippen LogP contribution in [0.3, 0.4) is 0 Å². The Morgan fingerprint density at radius 3 is 2.33 bits per heavy atom. The zero-order valence-corrected chi connectivity index (χ0v) is 19.7. The molecule has 0 heterocycles. The summed E-state index contributed by atoms with van der Waals surface area (Å²) in [5.41, 5.74) is 3.22. The van der Waals surface area contributed by atoms with Crippen LogP contribution >= 0.6 is 11.6 Å². The fraction of sp³-hybridized carbons (Fsp3) is 0.231. The van der Waals surface area contributed by atoms with Gasteiger partial charge < -0.3 is 15.1 Å². The number of rotatable bonds is 8. The van der Waals surface area contributed by atoms with Gasteiger partial charge >= 0.3 is 0 Å². The summed E-state index contributed by atoms with van der Waals surface area (Å²) in [4.78, 5) is 29.5. The minimum Gasteiger partial charge on any atom is -0.377 e. The van der Waals surface area contributed by atoms with Crippen LogP contribution in [0.4, 0.5) is 15.8 Å². The molecular weight excluding hydrogens is 441 g/mol. The van der Waals surface area contributed by atoms with Crippen LogP contribution in [-0.2, 0) is 6.54 Å². The molecule has 0 bridgehead atoms. The molecule has 0 atom stereocenters. The number of amides is 2. The molecule has 0 unspecified atom stereocenters. The fourth-order valence-corrected chi connectivity index (χ4v) is 3.79. The van der Waals surface area contributed by atoms with E-state index in [-0.39, 0.29) is 17.6 Å². The van der Waals surface area contributed by atoms with Gasteiger partial charge in [-0.15, -0.1) is 0 Å². The lowest BCUT2D eigenvalue weighted by Crippen LogP contribution is -2.32. The average molecular weight is 468 g/mol. The first kappa shape index (κ1) is 24.3. The van der Waals surface area contributed by atoms with Gasteiger partial charge in [0.15, 0.2) is 0 Å². The van der Waals surface area contributed by atoms with Crippen LogP contribution in [0.1, 0.15) is 39.6 Å². The first-order valence-corrected chi connectivity index (χ1v) is 11.1. The van der Waals surface area contributed by atoms with E-state index in [1.165, 1.54) is 24.3 Å². The zero-order valence-electron chi connectivity index (χ0n) is 18.9. The molecule has 172 valence electrons. The Balaban J connectivity index is 1.89. The molecule has 0 spiro atoms. The highest BCUT2D eigenvalue weighted by Gasteiger charge is 2.19. The minimum absolute atomic E-state index is 0.174. The maximum Gasteiger partial charge on any atom is 0.257 e. The van der Waals surface area contributed by atoms with Crippen LogP contribution in [0.5, 0.6) is 0 Å². The monoisotopic (exact) mass is 467 g/mol. The van der Waals surface area contributed by atoms with Crippen molar-refractivity contribution in [1.82, 2.24) is 4.90 Å². The number of benzene rings is 3. The molecule has 3 aromatic carbocycles. The second-order valence-electron chi connectivity index (χ2n) is 7.91. The van der Waals surface area contributed by atoms with Gasteiger partial charge in [0.05, 0.1) is 10.6 Å². The molecule has 2 amide bonds. The molecule has 0 aliphatic rings. The highest BCUT2D eigenvalue weighted by atomic mass is 35.5. The third-order valence-electron chi connectivity index (χ3n) is 5.17. The number of nitrogens with one attached hydrogen (secondary N) is 1. The molecule has 0 saturated heterocycles. The van der Waals surface area contributed by atoms with Gasteiger partial charge in [0.25, 0.3) is 11.8 Å². The van der Waals surface area contributed by atoms with E-state index < -0.39 is 0 Å². The van der Waals surface area contributed by atoms with Gasteiger partial charge in [-0.2, -0.15) is 0 Å². The van der Waals surface area contributed by atoms with Gasteiger partial charge in [0, 0.05) is 44.1 Å². The van der Waals surface area contributed by atoms with E-state index in [4.69, 9.17) is 11.6 Å². The summed E-state index contributed by atoms with van der Waals surface area (Å²) in [5.74, 6) is -0.866. The molecule has 0 radical (unpaired) electrons. The summed E-state index contributed by atoms with van der Waals surface area (Å²) in [6.45, 7) is 2.88. The molecule has 0 aliphatic heterocycles. The van der Waals surface area contributed by atoms with Crippen LogP contribution in [-0.4, -0.2) is 37.4 Å². The summed E-state index contributed by atoms with van der Waals surface area (Å²) >= 11 is 6.15. The number of halogens is 2. The maximum absolute atomic E-state index is 13.3. The number of nitrogens with zero attached hydrogens (tertiary/aromatic N) is 2. The second-order valence-corrected chi connectivity index (χ2v) is 8.31. The first-order valence-electron chi connectivity index (χ1n) is 10.7. The van der Waals surface area contributed by atoms with Gasteiger partial charge in [-0.25, -0.2) is 4.39 Å². The number of anilines is 2. The van der Waals surface area contributed by atoms with Crippen molar-refractivity contribution in [2.45, 2.75) is 19.9 Å². The van der Waals surface area contributed by atoms with Crippen molar-refractivity contribution in [2.75, 3.05) is 30.9 Å². The molecule has 0 aromatic heterocycles. The molecule has 33 heavy (non-hydrogen) atoms. The largest absolute Gasteiger partial charge is 0.377 e. The van der Waals surface area contributed by atoms with Crippen LogP contribution in [0, 0.1) is 5.82 Å². The fourth-order valence-electron chi connectivity index (χ4n) is 3.57. The average Bonchev–Trinajstić information content (AvgIpc) is 2.79. The first-order chi connectivity index (χ1) is 15.8. The van der Waals surface area contributed by atoms with E-state index in [1.807, 2.05) is 44.1 Å². The Bertz CT molecular complexity index is 1130. The lowest BCUT2D eigenvalue weighted by Gasteiger charge is -2.26. The molecule has 1 N–H and O–H groups in total. The van der Waals surface area contributed by atoms with Crippen LogP contribution in [0.2, 0.25) is 5.02 Å². The standard InChI is InChI=1S/C26H27ClFN3O2/c1-4-15-31(26(33)18-9-11-20(28)12-10-18)17-19-16-21(13-14-24(19)30(2)3)29-25(32)22-7-5-6-8-23(22)27/h5-14,16H,4,15,17H2,1-3H3,(H,29,32). The van der Waals surface area contributed by atoms with Crippen LogP contribution < -0.4 is 10.2 Å². The highest BCUT2D eigenvalue weighted by molar-refractivity contribution is 6.34. The highest BCUT2D eigenvalue weighted by Crippen LogP contribution is 2.26. The van der Waals surface area contributed by atoms with Crippen molar-refractivity contribution in [2.24, 2.45) is 0 Å². The maximum atomic E-state index is 13.3. The Hall–Kier alpha value is -3.38. The smallest absolute Gasteiger partial charge is 0.257 e. The van der Waals surface area contributed by atoms with Gasteiger partial charge in [-0.3, -0.25) is 9.59 Å². The molecule has 0 saturated carbocycles. The van der Waals surface area contributed by atoms with Gasteiger partial charge in [0.2, 0.25) is 0 Å². The lowest BCUT2D eigenvalue weighted by molar-refractivity contribution is 0.0743. The Morgan fingerprint density at radius 1 is 1.00 bits per heavy atom. The van der Waals surface area contributed by atoms with E-state index in [0.29, 0.717) is 34.9 Å². The third-order valence-corrected chi connectivity index (χ3v) is 5.50. The summed E-state index contributed by atoms with van der Waals surface area (Å²) in [7, 11) is 3.85. The summed E-state index contributed by atoms with van der Waals surface area (Å²) in [5, 5.41) is 3.27. The zero-order chi connectivity index (χ0) is 24.0. The number of hydrogen-bond acceptors (Lipinski definition) is 3. The van der Waals surface area contributed by atoms with E-state index in [9.17, 15) is 14.0 Å². The Kier molecular flexibility index (Phi) is 8.06. The summed E-state index contributed by atoms with van der Waals surface area (Å²) < 4.78 is 13.3. The summed E-state index contributed by atoms with van der Waals surface area (Å²) in [6, 6.07) is 18.0. The van der Waals surface area contributed by atoms with Crippen molar-refractivity contribution in [3.8, 4) is 0 Å². The Labute approximate surface area is 198 Å². The normalized spacial score (nSPS) is 10.6. The predicted molar refractivity (Wildman–Crippen MR) is 132 cm³/mol. The van der Waals surface area contributed by atoms with E-state index in [0.717, 1.165) is 17.7 Å². The van der Waals surface area contributed by atoms with Crippen LogP contribution in [0.15, 0.2) is 66.7 Å². The molecule has 3 aromatic rings. The van der Waals surface area contributed by atoms with Crippen molar-refractivity contribution < 1.29 is 14.0 Å². The van der Waals surface area contributed by atoms with Crippen molar-refractivity contribution >= 4 is 34.8 Å². The van der Waals surface area contributed by atoms with Gasteiger partial charge in [0.1, 0.15) is 5.82 Å². The molecular formula is C26H27ClFN3O2. The molecule has 3 rings (SSSR count). The topological polar surface area (TPSA) is 52.7 Å². The van der Waals surface area contributed by atoms with E-state index >= 15 is 0 Å². The van der Waals surface area contributed by atoms with E-state index in [1.54, 1.807) is 29.2 Å². The van der Waals surface area contributed by atoms with Gasteiger partial charge in [-0.05, 0) is 66.6 Å². The van der Waals surface area contributed by atoms with Crippen molar-refractivity contribution in [3.05, 3.63) is 94.3 Å². The lowest BCUT2D eigenvalue weighted by atomic mass is 10.1. The van der Waals surface area contributed by atoms with Crippen molar-refractivity contribution in [1.29, 1.82) is 0 Å². The van der Waals surface area contributed by atoms with Gasteiger partial charge in [-0.1, -0.05) is 30.7 Å². The number of carbonyl (C=O) groups excluding carboxylic acids is 2. The molecule has 5 nitrogen and oxygen atoms in total.